The van der Waals surface area contributed by atoms with Crippen molar-refractivity contribution in [3.63, 3.8) is 0 Å². The molecular weight excluding hydrogens is 143 g/mol. The molecule has 0 radical (unpaired) electrons. The van der Waals surface area contributed by atoms with E-state index in [4.69, 9.17) is 9.31 Å². The molecule has 1 heterocycles. The van der Waals surface area contributed by atoms with E-state index in [2.05, 4.69) is 9.97 Å². The summed E-state index contributed by atoms with van der Waals surface area (Å²) in [6, 6.07) is 0. The Hall–Kier alpha value is -0.935. The van der Waals surface area contributed by atoms with Gasteiger partial charge in [0.1, 0.15) is 0 Å². The van der Waals surface area contributed by atoms with Crippen molar-refractivity contribution >= 4 is 12.7 Å². The minimum atomic E-state index is -0.413. The van der Waals surface area contributed by atoms with Crippen LogP contribution in [0.15, 0.2) is 18.6 Å². The molecule has 0 N–H and O–H groups in total. The zero-order chi connectivity index (χ0) is 8.10. The SMILES string of the molecule is COB(OC)c1cnccn1. The van der Waals surface area contributed by atoms with Gasteiger partial charge in [-0.05, 0) is 0 Å². The summed E-state index contributed by atoms with van der Waals surface area (Å²) in [4.78, 5) is 7.89. The van der Waals surface area contributed by atoms with Gasteiger partial charge in [-0.25, -0.2) is 0 Å². The molecule has 0 amide bonds. The zero-order valence-corrected chi connectivity index (χ0v) is 6.52. The highest BCUT2D eigenvalue weighted by Crippen LogP contribution is 1.83. The van der Waals surface area contributed by atoms with E-state index in [0.29, 0.717) is 5.59 Å². The van der Waals surface area contributed by atoms with Crippen LogP contribution in [0.1, 0.15) is 0 Å². The predicted molar refractivity (Wildman–Crippen MR) is 41.4 cm³/mol. The third-order valence-corrected chi connectivity index (χ3v) is 1.25. The molecule has 0 atom stereocenters. The van der Waals surface area contributed by atoms with Crippen LogP contribution in [-0.2, 0) is 9.31 Å². The van der Waals surface area contributed by atoms with Gasteiger partial charge in [0, 0.05) is 32.8 Å². The smallest absolute Gasteiger partial charge is 0.409 e. The molecule has 1 rings (SSSR count). The zero-order valence-electron chi connectivity index (χ0n) is 6.52. The maximum absolute atomic E-state index is 4.96. The minimum Gasteiger partial charge on any atom is -0.409 e. The fraction of sp³-hybridized carbons (Fsp3) is 0.333. The van der Waals surface area contributed by atoms with Crippen LogP contribution in [0.5, 0.6) is 0 Å². The largest absolute Gasteiger partial charge is 0.514 e. The fourth-order valence-electron chi connectivity index (χ4n) is 0.770. The van der Waals surface area contributed by atoms with Crippen LogP contribution in [0.2, 0.25) is 0 Å². The molecule has 0 aliphatic carbocycles. The lowest BCUT2D eigenvalue weighted by Gasteiger charge is -2.05. The van der Waals surface area contributed by atoms with Crippen LogP contribution in [-0.4, -0.2) is 31.3 Å². The van der Waals surface area contributed by atoms with Crippen LogP contribution >= 0.6 is 0 Å². The van der Waals surface area contributed by atoms with Crippen LogP contribution < -0.4 is 5.59 Å². The molecule has 0 aliphatic rings. The molecule has 0 saturated carbocycles. The van der Waals surface area contributed by atoms with Crippen molar-refractivity contribution in [3.05, 3.63) is 18.6 Å². The average molecular weight is 152 g/mol. The number of nitrogens with zero attached hydrogens (tertiary/aromatic N) is 2. The lowest BCUT2D eigenvalue weighted by molar-refractivity contribution is 0.291. The third-order valence-electron chi connectivity index (χ3n) is 1.25. The van der Waals surface area contributed by atoms with Gasteiger partial charge in [-0.3, -0.25) is 9.97 Å². The van der Waals surface area contributed by atoms with Crippen LogP contribution in [0, 0.1) is 0 Å². The Labute approximate surface area is 65.7 Å². The molecular formula is C6H9BN2O2. The maximum Gasteiger partial charge on any atom is 0.514 e. The van der Waals surface area contributed by atoms with Gasteiger partial charge in [-0.15, -0.1) is 0 Å². The standard InChI is InChI=1S/C6H9BN2O2/c1-10-7(11-2)6-5-8-3-4-9-6/h3-5H,1-2H3. The van der Waals surface area contributed by atoms with E-state index in [1.54, 1.807) is 32.8 Å². The first-order valence-corrected chi connectivity index (χ1v) is 3.20. The third kappa shape index (κ3) is 1.99. The Kier molecular flexibility index (Phi) is 3.01. The van der Waals surface area contributed by atoms with Gasteiger partial charge in [-0.1, -0.05) is 0 Å². The second-order valence-corrected chi connectivity index (χ2v) is 1.93. The van der Waals surface area contributed by atoms with Gasteiger partial charge < -0.3 is 9.31 Å². The van der Waals surface area contributed by atoms with E-state index < -0.39 is 7.12 Å². The highest BCUT2D eigenvalue weighted by Gasteiger charge is 2.18. The van der Waals surface area contributed by atoms with Crippen molar-refractivity contribution in [3.8, 4) is 0 Å². The van der Waals surface area contributed by atoms with E-state index >= 15 is 0 Å². The Bertz CT molecular complexity index is 203. The van der Waals surface area contributed by atoms with Gasteiger partial charge >= 0.3 is 7.12 Å². The Balaban J connectivity index is 2.74. The van der Waals surface area contributed by atoms with Crippen LogP contribution in [0.4, 0.5) is 0 Å². The van der Waals surface area contributed by atoms with Crippen molar-refractivity contribution in [1.82, 2.24) is 9.97 Å². The van der Waals surface area contributed by atoms with Crippen LogP contribution in [0.3, 0.4) is 0 Å². The Morgan fingerprint density at radius 3 is 2.45 bits per heavy atom. The quantitative estimate of drug-likeness (QED) is 0.545. The predicted octanol–water partition coefficient (Wildman–Crippen LogP) is -0.535. The van der Waals surface area contributed by atoms with Crippen molar-refractivity contribution in [2.75, 3.05) is 14.2 Å². The highest BCUT2D eigenvalue weighted by atomic mass is 16.6. The summed E-state index contributed by atoms with van der Waals surface area (Å²) in [6.07, 6.45) is 4.81. The molecule has 0 bridgehead atoms. The molecule has 0 aliphatic heterocycles. The summed E-state index contributed by atoms with van der Waals surface area (Å²) in [5.41, 5.74) is 0.678. The summed E-state index contributed by atoms with van der Waals surface area (Å²) in [5.74, 6) is 0. The van der Waals surface area contributed by atoms with E-state index in [0.717, 1.165) is 0 Å². The molecule has 0 fully saturated rings. The lowest BCUT2D eigenvalue weighted by atomic mass is 9.85. The minimum absolute atomic E-state index is 0.413. The molecule has 0 unspecified atom stereocenters. The number of aromatic nitrogens is 2. The van der Waals surface area contributed by atoms with E-state index in [-0.39, 0.29) is 0 Å². The first kappa shape index (κ1) is 8.16. The Morgan fingerprint density at radius 2 is 2.00 bits per heavy atom. The van der Waals surface area contributed by atoms with Crippen molar-refractivity contribution in [2.24, 2.45) is 0 Å². The highest BCUT2D eigenvalue weighted by molar-refractivity contribution is 6.60. The van der Waals surface area contributed by atoms with E-state index in [9.17, 15) is 0 Å². The van der Waals surface area contributed by atoms with Crippen molar-refractivity contribution < 1.29 is 9.31 Å². The summed E-state index contributed by atoms with van der Waals surface area (Å²) in [5, 5.41) is 0. The number of hydrogen-bond donors (Lipinski definition) is 0. The topological polar surface area (TPSA) is 44.2 Å². The number of hydrogen-bond acceptors (Lipinski definition) is 4. The summed E-state index contributed by atoms with van der Waals surface area (Å²) in [7, 11) is 2.70. The summed E-state index contributed by atoms with van der Waals surface area (Å²) in [6.45, 7) is 0. The van der Waals surface area contributed by atoms with Gasteiger partial charge in [-0.2, -0.15) is 0 Å². The monoisotopic (exact) mass is 152 g/mol. The average Bonchev–Trinajstić information content (AvgIpc) is 2.09. The summed E-state index contributed by atoms with van der Waals surface area (Å²) >= 11 is 0. The molecule has 0 aromatic carbocycles. The first-order valence-electron chi connectivity index (χ1n) is 3.20. The van der Waals surface area contributed by atoms with Gasteiger partial charge in [0.15, 0.2) is 0 Å². The van der Waals surface area contributed by atoms with E-state index in [1.807, 2.05) is 0 Å². The molecule has 58 valence electrons. The van der Waals surface area contributed by atoms with Crippen LogP contribution in [0.25, 0.3) is 0 Å². The van der Waals surface area contributed by atoms with Gasteiger partial charge in [0.2, 0.25) is 0 Å². The lowest BCUT2D eigenvalue weighted by Crippen LogP contribution is -2.37. The van der Waals surface area contributed by atoms with Crippen molar-refractivity contribution in [2.45, 2.75) is 0 Å². The van der Waals surface area contributed by atoms with Crippen molar-refractivity contribution in [1.29, 1.82) is 0 Å². The Morgan fingerprint density at radius 1 is 1.27 bits per heavy atom. The fourth-order valence-corrected chi connectivity index (χ4v) is 0.770. The molecule has 0 spiro atoms. The molecule has 1 aromatic rings. The molecule has 5 heteroatoms. The second-order valence-electron chi connectivity index (χ2n) is 1.93. The summed E-state index contributed by atoms with van der Waals surface area (Å²) < 4.78 is 9.92. The molecule has 11 heavy (non-hydrogen) atoms. The van der Waals surface area contributed by atoms with Gasteiger partial charge in [0.05, 0.1) is 5.59 Å². The molecule has 1 aromatic heterocycles. The maximum atomic E-state index is 4.96. The van der Waals surface area contributed by atoms with E-state index in [1.165, 1.54) is 0 Å². The first-order chi connectivity index (χ1) is 5.38. The second kappa shape index (κ2) is 4.05. The number of rotatable bonds is 3. The molecule has 4 nitrogen and oxygen atoms in total. The normalized spacial score (nSPS) is 9.64. The van der Waals surface area contributed by atoms with Gasteiger partial charge in [0.25, 0.3) is 0 Å². The molecule has 0 saturated heterocycles.